The first-order chi connectivity index (χ1) is 11.7. The number of aliphatic hydroxyl groups is 3. The van der Waals surface area contributed by atoms with E-state index in [2.05, 4.69) is 19.9 Å². The lowest BCUT2D eigenvalue weighted by molar-refractivity contribution is -0.0511. The molecule has 0 spiro atoms. The van der Waals surface area contributed by atoms with Crippen LogP contribution in [-0.4, -0.2) is 86.1 Å². The van der Waals surface area contributed by atoms with E-state index in [1.807, 2.05) is 0 Å². The molecular formula is C14H19N5O5. The molecule has 24 heavy (non-hydrogen) atoms. The predicted octanol–water partition coefficient (Wildman–Crippen LogP) is -1.73. The number of rotatable bonds is 3. The zero-order valence-electron chi connectivity index (χ0n) is 12.9. The van der Waals surface area contributed by atoms with Gasteiger partial charge in [-0.3, -0.25) is 4.57 Å². The fraction of sp³-hybridized carbons (Fsp3) is 0.643. The van der Waals surface area contributed by atoms with Crippen LogP contribution in [0.4, 0.5) is 5.82 Å². The van der Waals surface area contributed by atoms with E-state index in [4.69, 9.17) is 9.47 Å². The number of aliphatic hydroxyl groups excluding tert-OH is 3. The van der Waals surface area contributed by atoms with Gasteiger partial charge in [0.2, 0.25) is 0 Å². The molecule has 0 aromatic carbocycles. The Bertz CT molecular complexity index is 719. The van der Waals surface area contributed by atoms with E-state index in [9.17, 15) is 15.3 Å². The van der Waals surface area contributed by atoms with Gasteiger partial charge in [0.1, 0.15) is 24.6 Å². The Kier molecular flexibility index (Phi) is 4.06. The van der Waals surface area contributed by atoms with Crippen LogP contribution >= 0.6 is 0 Å². The Morgan fingerprint density at radius 1 is 1.12 bits per heavy atom. The van der Waals surface area contributed by atoms with Crippen LogP contribution in [0.1, 0.15) is 6.23 Å². The van der Waals surface area contributed by atoms with Crippen LogP contribution in [0.5, 0.6) is 0 Å². The van der Waals surface area contributed by atoms with Crippen molar-refractivity contribution in [2.24, 2.45) is 0 Å². The van der Waals surface area contributed by atoms with E-state index in [0.717, 1.165) is 0 Å². The van der Waals surface area contributed by atoms with E-state index in [-0.39, 0.29) is 6.61 Å². The van der Waals surface area contributed by atoms with Crippen LogP contribution in [0, 0.1) is 0 Å². The summed E-state index contributed by atoms with van der Waals surface area (Å²) in [5, 5.41) is 29.4. The normalized spacial score (nSPS) is 31.0. The van der Waals surface area contributed by atoms with Crippen molar-refractivity contribution in [3.63, 3.8) is 0 Å². The quantitative estimate of drug-likeness (QED) is 0.599. The van der Waals surface area contributed by atoms with Gasteiger partial charge in [0.15, 0.2) is 23.2 Å². The summed E-state index contributed by atoms with van der Waals surface area (Å²) in [7, 11) is 0. The molecule has 2 aromatic heterocycles. The van der Waals surface area contributed by atoms with Crippen molar-refractivity contribution in [3.8, 4) is 0 Å². The molecule has 4 atom stereocenters. The molecule has 4 unspecified atom stereocenters. The highest BCUT2D eigenvalue weighted by Gasteiger charge is 2.44. The monoisotopic (exact) mass is 337 g/mol. The van der Waals surface area contributed by atoms with Gasteiger partial charge in [0.25, 0.3) is 0 Å². The Morgan fingerprint density at radius 2 is 1.92 bits per heavy atom. The molecular weight excluding hydrogens is 318 g/mol. The maximum atomic E-state index is 10.2. The molecule has 2 aliphatic rings. The summed E-state index contributed by atoms with van der Waals surface area (Å²) in [6.07, 6.45) is -1.12. The topological polar surface area (TPSA) is 126 Å². The van der Waals surface area contributed by atoms with Gasteiger partial charge >= 0.3 is 0 Å². The van der Waals surface area contributed by atoms with Crippen molar-refractivity contribution in [3.05, 3.63) is 12.7 Å². The molecule has 3 N–H and O–H groups in total. The minimum atomic E-state index is -1.18. The third-order valence-electron chi connectivity index (χ3n) is 4.44. The van der Waals surface area contributed by atoms with E-state index in [1.165, 1.54) is 12.7 Å². The molecule has 2 aliphatic heterocycles. The first-order valence-electron chi connectivity index (χ1n) is 7.83. The zero-order valence-corrected chi connectivity index (χ0v) is 12.9. The minimum Gasteiger partial charge on any atom is -0.394 e. The zero-order chi connectivity index (χ0) is 16.7. The van der Waals surface area contributed by atoms with Crippen LogP contribution in [0.3, 0.4) is 0 Å². The van der Waals surface area contributed by atoms with Crippen molar-refractivity contribution >= 4 is 17.0 Å². The molecule has 0 saturated carbocycles. The number of ether oxygens (including phenoxy) is 2. The van der Waals surface area contributed by atoms with E-state index in [1.54, 1.807) is 4.57 Å². The van der Waals surface area contributed by atoms with Crippen molar-refractivity contribution in [2.75, 3.05) is 37.8 Å². The Morgan fingerprint density at radius 3 is 2.62 bits per heavy atom. The van der Waals surface area contributed by atoms with Crippen LogP contribution in [-0.2, 0) is 9.47 Å². The molecule has 0 amide bonds. The largest absolute Gasteiger partial charge is 0.394 e. The van der Waals surface area contributed by atoms with Crippen molar-refractivity contribution in [2.45, 2.75) is 24.5 Å². The Labute approximate surface area is 137 Å². The fourth-order valence-corrected chi connectivity index (χ4v) is 3.14. The SMILES string of the molecule is OCC1OC(n2cnc3c(N4CCOCC4)ncnc32)C(O)C1O. The first-order valence-corrected chi connectivity index (χ1v) is 7.83. The standard InChI is InChI=1S/C14H19N5O5/c20-5-8-10(21)11(22)14(24-8)19-7-17-9-12(15-6-16-13(9)19)18-1-3-23-4-2-18/h6-8,10-11,14,20-22H,1-5H2. The third-order valence-corrected chi connectivity index (χ3v) is 4.44. The summed E-state index contributed by atoms with van der Waals surface area (Å²) < 4.78 is 12.5. The van der Waals surface area contributed by atoms with Gasteiger partial charge in [-0.15, -0.1) is 0 Å². The number of anilines is 1. The maximum Gasteiger partial charge on any atom is 0.167 e. The van der Waals surface area contributed by atoms with Gasteiger partial charge in [-0.05, 0) is 0 Å². The average molecular weight is 337 g/mol. The average Bonchev–Trinajstić information content (AvgIpc) is 3.17. The first kappa shape index (κ1) is 15.7. The van der Waals surface area contributed by atoms with Crippen molar-refractivity contribution in [1.29, 1.82) is 0 Å². The summed E-state index contributed by atoms with van der Waals surface area (Å²) in [4.78, 5) is 15.0. The number of hydrogen-bond donors (Lipinski definition) is 3. The van der Waals surface area contributed by atoms with E-state index in [0.29, 0.717) is 43.3 Å². The van der Waals surface area contributed by atoms with Gasteiger partial charge < -0.3 is 29.7 Å². The van der Waals surface area contributed by atoms with E-state index < -0.39 is 24.5 Å². The number of hydrogen-bond acceptors (Lipinski definition) is 9. The Balaban J connectivity index is 1.71. The van der Waals surface area contributed by atoms with Crippen LogP contribution in [0.25, 0.3) is 11.2 Å². The number of aromatic nitrogens is 4. The maximum absolute atomic E-state index is 10.2. The highest BCUT2D eigenvalue weighted by Crippen LogP contribution is 2.32. The molecule has 4 rings (SSSR count). The summed E-state index contributed by atoms with van der Waals surface area (Å²) in [6.45, 7) is 2.30. The summed E-state index contributed by atoms with van der Waals surface area (Å²) in [5.74, 6) is 0.703. The number of fused-ring (bicyclic) bond motifs is 1. The van der Waals surface area contributed by atoms with Crippen molar-refractivity contribution in [1.82, 2.24) is 19.5 Å². The number of nitrogens with zero attached hydrogens (tertiary/aromatic N) is 5. The Hall–Kier alpha value is -1.85. The van der Waals surface area contributed by atoms with Gasteiger partial charge in [0.05, 0.1) is 26.1 Å². The lowest BCUT2D eigenvalue weighted by atomic mass is 10.1. The molecule has 10 heteroatoms. The molecule has 2 saturated heterocycles. The lowest BCUT2D eigenvalue weighted by Crippen LogP contribution is -2.37. The molecule has 0 aliphatic carbocycles. The minimum absolute atomic E-state index is 0.380. The van der Waals surface area contributed by atoms with Crippen LogP contribution in [0.15, 0.2) is 12.7 Å². The van der Waals surface area contributed by atoms with E-state index >= 15 is 0 Å². The molecule has 0 bridgehead atoms. The molecule has 2 fully saturated rings. The highest BCUT2D eigenvalue weighted by atomic mass is 16.6. The van der Waals surface area contributed by atoms with Crippen LogP contribution in [0.2, 0.25) is 0 Å². The second-order valence-electron chi connectivity index (χ2n) is 5.85. The summed E-state index contributed by atoms with van der Waals surface area (Å²) in [5.41, 5.74) is 1.10. The summed E-state index contributed by atoms with van der Waals surface area (Å²) in [6, 6.07) is 0. The number of imidazole rings is 1. The fourth-order valence-electron chi connectivity index (χ4n) is 3.14. The lowest BCUT2D eigenvalue weighted by Gasteiger charge is -2.27. The second kappa shape index (κ2) is 6.22. The predicted molar refractivity (Wildman–Crippen MR) is 81.4 cm³/mol. The van der Waals surface area contributed by atoms with Gasteiger partial charge in [-0.1, -0.05) is 0 Å². The van der Waals surface area contributed by atoms with Crippen molar-refractivity contribution < 1.29 is 24.8 Å². The number of morpholine rings is 1. The molecule has 2 aromatic rings. The summed E-state index contributed by atoms with van der Waals surface area (Å²) >= 11 is 0. The third kappa shape index (κ3) is 2.43. The second-order valence-corrected chi connectivity index (χ2v) is 5.85. The molecule has 130 valence electrons. The smallest absolute Gasteiger partial charge is 0.167 e. The van der Waals surface area contributed by atoms with Gasteiger partial charge in [-0.2, -0.15) is 0 Å². The highest BCUT2D eigenvalue weighted by molar-refractivity contribution is 5.83. The van der Waals surface area contributed by atoms with Gasteiger partial charge in [0, 0.05) is 13.1 Å². The van der Waals surface area contributed by atoms with Gasteiger partial charge in [-0.25, -0.2) is 15.0 Å². The molecule has 4 heterocycles. The molecule has 0 radical (unpaired) electrons. The molecule has 10 nitrogen and oxygen atoms in total. The van der Waals surface area contributed by atoms with Crippen LogP contribution < -0.4 is 4.90 Å².